The Kier molecular flexibility index (Phi) is 5.36. The van der Waals surface area contributed by atoms with Gasteiger partial charge in [0.05, 0.1) is 6.33 Å². The van der Waals surface area contributed by atoms with E-state index in [1.807, 2.05) is 12.5 Å². The Bertz CT molecular complexity index is 499. The van der Waals surface area contributed by atoms with Crippen LogP contribution in [0.3, 0.4) is 0 Å². The first-order chi connectivity index (χ1) is 9.25. The summed E-state index contributed by atoms with van der Waals surface area (Å²) < 4.78 is 15.5. The van der Waals surface area contributed by atoms with Crippen LogP contribution in [0.5, 0.6) is 0 Å². The normalized spacial score (nSPS) is 10.8. The van der Waals surface area contributed by atoms with Crippen molar-refractivity contribution in [2.75, 3.05) is 6.54 Å². The third-order valence-electron chi connectivity index (χ3n) is 2.91. The molecular weight excluding hydrogens is 265 g/mol. The molecule has 0 amide bonds. The van der Waals surface area contributed by atoms with Crippen molar-refractivity contribution in [3.05, 3.63) is 53.3 Å². The highest BCUT2D eigenvalue weighted by Gasteiger charge is 2.01. The van der Waals surface area contributed by atoms with E-state index in [1.165, 1.54) is 6.07 Å². The predicted molar refractivity (Wildman–Crippen MR) is 74.6 cm³/mol. The summed E-state index contributed by atoms with van der Waals surface area (Å²) in [6.45, 7) is 2.38. The number of unbranched alkanes of at least 4 members (excludes halogenated alkanes) is 1. The van der Waals surface area contributed by atoms with Crippen LogP contribution in [-0.4, -0.2) is 16.1 Å². The largest absolute Gasteiger partial charge is 0.337 e. The molecule has 2 aromatic rings. The molecule has 0 saturated heterocycles. The van der Waals surface area contributed by atoms with Crippen molar-refractivity contribution in [1.82, 2.24) is 14.9 Å². The second kappa shape index (κ2) is 7.26. The number of nitrogens with one attached hydrogen (secondary N) is 1. The Balaban J connectivity index is 1.61. The molecule has 0 saturated carbocycles. The molecule has 102 valence electrons. The number of rotatable bonds is 7. The molecule has 0 atom stereocenters. The van der Waals surface area contributed by atoms with Gasteiger partial charge in [-0.1, -0.05) is 17.7 Å². The van der Waals surface area contributed by atoms with Gasteiger partial charge in [-0.05, 0) is 31.5 Å². The third kappa shape index (κ3) is 4.65. The molecule has 0 bridgehead atoms. The van der Waals surface area contributed by atoms with E-state index in [4.69, 9.17) is 11.6 Å². The predicted octanol–water partition coefficient (Wildman–Crippen LogP) is 3.25. The van der Waals surface area contributed by atoms with Crippen LogP contribution < -0.4 is 5.32 Å². The number of aryl methyl sites for hydroxylation is 1. The van der Waals surface area contributed by atoms with E-state index in [9.17, 15) is 4.39 Å². The van der Waals surface area contributed by atoms with E-state index in [-0.39, 0.29) is 5.82 Å². The van der Waals surface area contributed by atoms with Crippen molar-refractivity contribution in [2.24, 2.45) is 0 Å². The minimum absolute atomic E-state index is 0.251. The maximum atomic E-state index is 13.5. The standard InChI is InChI=1S/C14H17ClFN3/c15-13-4-3-12(14(16)9-13)10-17-5-1-2-7-19-8-6-18-11-19/h3-4,6,8-9,11,17H,1-2,5,7,10H2. The van der Waals surface area contributed by atoms with Crippen molar-refractivity contribution >= 4 is 11.6 Å². The monoisotopic (exact) mass is 281 g/mol. The lowest BCUT2D eigenvalue weighted by Crippen LogP contribution is -2.16. The van der Waals surface area contributed by atoms with Crippen LogP contribution in [0.2, 0.25) is 5.02 Å². The summed E-state index contributed by atoms with van der Waals surface area (Å²) in [5, 5.41) is 3.67. The fourth-order valence-corrected chi connectivity index (χ4v) is 2.01. The first kappa shape index (κ1) is 14.0. The van der Waals surface area contributed by atoms with E-state index in [1.54, 1.807) is 18.3 Å². The SMILES string of the molecule is Fc1cc(Cl)ccc1CNCCCCn1ccnc1. The second-order valence-corrected chi connectivity index (χ2v) is 4.86. The molecule has 1 N–H and O–H groups in total. The summed E-state index contributed by atoms with van der Waals surface area (Å²) in [6.07, 6.45) is 7.68. The van der Waals surface area contributed by atoms with Gasteiger partial charge in [0.15, 0.2) is 0 Å². The topological polar surface area (TPSA) is 29.9 Å². The highest BCUT2D eigenvalue weighted by molar-refractivity contribution is 6.30. The van der Waals surface area contributed by atoms with Crippen LogP contribution in [0.25, 0.3) is 0 Å². The molecule has 0 radical (unpaired) electrons. The zero-order chi connectivity index (χ0) is 13.5. The number of nitrogens with zero attached hydrogens (tertiary/aromatic N) is 2. The first-order valence-corrected chi connectivity index (χ1v) is 6.74. The van der Waals surface area contributed by atoms with Gasteiger partial charge in [0.2, 0.25) is 0 Å². The molecule has 5 heteroatoms. The van der Waals surface area contributed by atoms with Gasteiger partial charge in [-0.15, -0.1) is 0 Å². The second-order valence-electron chi connectivity index (χ2n) is 4.42. The first-order valence-electron chi connectivity index (χ1n) is 6.36. The van der Waals surface area contributed by atoms with Crippen LogP contribution in [0, 0.1) is 5.82 Å². The Hall–Kier alpha value is -1.39. The van der Waals surface area contributed by atoms with E-state index in [0.29, 0.717) is 17.1 Å². The smallest absolute Gasteiger partial charge is 0.129 e. The van der Waals surface area contributed by atoms with E-state index in [2.05, 4.69) is 14.9 Å². The lowest BCUT2D eigenvalue weighted by atomic mass is 10.2. The van der Waals surface area contributed by atoms with E-state index < -0.39 is 0 Å². The molecule has 2 rings (SSSR count). The Morgan fingerprint density at radius 2 is 2.21 bits per heavy atom. The van der Waals surface area contributed by atoms with Crippen molar-refractivity contribution in [2.45, 2.75) is 25.9 Å². The number of aromatic nitrogens is 2. The van der Waals surface area contributed by atoms with E-state index in [0.717, 1.165) is 25.9 Å². The van der Waals surface area contributed by atoms with Gasteiger partial charge in [-0.3, -0.25) is 0 Å². The number of hydrogen-bond acceptors (Lipinski definition) is 2. The summed E-state index contributed by atoms with van der Waals surface area (Å²) in [5.41, 5.74) is 0.652. The Labute approximate surface area is 117 Å². The van der Waals surface area contributed by atoms with E-state index >= 15 is 0 Å². The Morgan fingerprint density at radius 1 is 1.32 bits per heavy atom. The molecular formula is C14H17ClFN3. The lowest BCUT2D eigenvalue weighted by Gasteiger charge is -2.06. The van der Waals surface area contributed by atoms with Gasteiger partial charge >= 0.3 is 0 Å². The summed E-state index contributed by atoms with van der Waals surface area (Å²) >= 11 is 5.70. The van der Waals surface area contributed by atoms with Crippen molar-refractivity contribution in [1.29, 1.82) is 0 Å². The minimum Gasteiger partial charge on any atom is -0.337 e. The van der Waals surface area contributed by atoms with Gasteiger partial charge < -0.3 is 9.88 Å². The number of imidazole rings is 1. The molecule has 0 aliphatic heterocycles. The quantitative estimate of drug-likeness (QED) is 0.790. The molecule has 0 aliphatic carbocycles. The highest BCUT2D eigenvalue weighted by Crippen LogP contribution is 2.14. The third-order valence-corrected chi connectivity index (χ3v) is 3.14. The molecule has 1 aromatic carbocycles. The molecule has 0 fully saturated rings. The van der Waals surface area contributed by atoms with Crippen LogP contribution in [-0.2, 0) is 13.1 Å². The van der Waals surface area contributed by atoms with Crippen LogP contribution in [0.4, 0.5) is 4.39 Å². The van der Waals surface area contributed by atoms with Gasteiger partial charge in [0, 0.05) is 36.1 Å². The summed E-state index contributed by atoms with van der Waals surface area (Å²) in [4.78, 5) is 3.99. The molecule has 3 nitrogen and oxygen atoms in total. The summed E-state index contributed by atoms with van der Waals surface area (Å²) in [7, 11) is 0. The fraction of sp³-hybridized carbons (Fsp3) is 0.357. The fourth-order valence-electron chi connectivity index (χ4n) is 1.85. The molecule has 19 heavy (non-hydrogen) atoms. The van der Waals surface area contributed by atoms with Crippen molar-refractivity contribution in [3.8, 4) is 0 Å². The van der Waals surface area contributed by atoms with Gasteiger partial charge in [0.1, 0.15) is 5.82 Å². The molecule has 0 aliphatic rings. The van der Waals surface area contributed by atoms with Gasteiger partial charge in [-0.25, -0.2) is 9.37 Å². The summed E-state index contributed by atoms with van der Waals surface area (Å²) in [5.74, 6) is -0.251. The Morgan fingerprint density at radius 3 is 2.95 bits per heavy atom. The number of hydrogen-bond donors (Lipinski definition) is 1. The van der Waals surface area contributed by atoms with Crippen molar-refractivity contribution < 1.29 is 4.39 Å². The van der Waals surface area contributed by atoms with Crippen molar-refractivity contribution in [3.63, 3.8) is 0 Å². The average Bonchev–Trinajstić information content (AvgIpc) is 2.89. The van der Waals surface area contributed by atoms with Crippen LogP contribution in [0.15, 0.2) is 36.9 Å². The summed E-state index contributed by atoms with van der Waals surface area (Å²) in [6, 6.07) is 4.77. The minimum atomic E-state index is -0.251. The van der Waals surface area contributed by atoms with Crippen LogP contribution >= 0.6 is 11.6 Å². The van der Waals surface area contributed by atoms with Gasteiger partial charge in [0.25, 0.3) is 0 Å². The van der Waals surface area contributed by atoms with Crippen LogP contribution in [0.1, 0.15) is 18.4 Å². The molecule has 1 heterocycles. The average molecular weight is 282 g/mol. The van der Waals surface area contributed by atoms with Gasteiger partial charge in [-0.2, -0.15) is 0 Å². The molecule has 1 aromatic heterocycles. The maximum absolute atomic E-state index is 13.5. The molecule has 0 unspecified atom stereocenters. The number of benzene rings is 1. The zero-order valence-corrected chi connectivity index (χ0v) is 11.4. The molecule has 0 spiro atoms. The zero-order valence-electron chi connectivity index (χ0n) is 10.6. The number of halogens is 2. The lowest BCUT2D eigenvalue weighted by molar-refractivity contribution is 0.552. The highest BCUT2D eigenvalue weighted by atomic mass is 35.5. The maximum Gasteiger partial charge on any atom is 0.129 e.